The first-order valence-corrected chi connectivity index (χ1v) is 6.64. The maximum atomic E-state index is 13.8. The lowest BCUT2D eigenvalue weighted by molar-refractivity contribution is 0.178. The summed E-state index contributed by atoms with van der Waals surface area (Å²) < 4.78 is 13.8. The van der Waals surface area contributed by atoms with E-state index in [1.807, 2.05) is 11.0 Å². The third kappa shape index (κ3) is 2.21. The molecule has 1 aromatic rings. The lowest BCUT2D eigenvalue weighted by atomic mass is 10.1. The minimum Gasteiger partial charge on any atom is -0.318 e. The minimum absolute atomic E-state index is 0.0433. The molecule has 5 nitrogen and oxygen atoms in total. The Labute approximate surface area is 116 Å². The molecule has 6 heteroatoms. The van der Waals surface area contributed by atoms with Crippen molar-refractivity contribution in [2.45, 2.75) is 12.6 Å². The minimum atomic E-state index is -0.375. The molecule has 0 spiro atoms. The zero-order valence-corrected chi connectivity index (χ0v) is 11.0. The SMILES string of the molecule is N#Cc1ccc(F)c(CN2CC3CNCCN3C2=O)c1. The van der Waals surface area contributed by atoms with E-state index in [-0.39, 0.29) is 24.4 Å². The van der Waals surface area contributed by atoms with E-state index in [0.29, 0.717) is 24.2 Å². The zero-order valence-electron chi connectivity index (χ0n) is 11.0. The van der Waals surface area contributed by atoms with Gasteiger partial charge in [-0.1, -0.05) is 0 Å². The summed E-state index contributed by atoms with van der Waals surface area (Å²) in [5.41, 5.74) is 0.803. The predicted octanol–water partition coefficient (Wildman–Crippen LogP) is 0.907. The van der Waals surface area contributed by atoms with Gasteiger partial charge in [-0.3, -0.25) is 0 Å². The van der Waals surface area contributed by atoms with Crippen LogP contribution in [0.5, 0.6) is 0 Å². The number of urea groups is 1. The zero-order chi connectivity index (χ0) is 14.1. The molecule has 2 heterocycles. The Morgan fingerprint density at radius 2 is 2.35 bits per heavy atom. The molecule has 20 heavy (non-hydrogen) atoms. The van der Waals surface area contributed by atoms with Crippen LogP contribution in [0.4, 0.5) is 9.18 Å². The standard InChI is InChI=1S/C14H15FN4O/c15-13-2-1-10(6-16)5-11(13)8-18-9-12-7-17-3-4-19(12)14(18)20/h1-2,5,12,17H,3-4,7-9H2. The number of piperazine rings is 1. The van der Waals surface area contributed by atoms with E-state index in [1.165, 1.54) is 18.2 Å². The molecule has 0 aliphatic carbocycles. The van der Waals surface area contributed by atoms with Gasteiger partial charge in [0.25, 0.3) is 0 Å². The second kappa shape index (κ2) is 5.10. The van der Waals surface area contributed by atoms with Crippen LogP contribution >= 0.6 is 0 Å². The Bertz CT molecular complexity index is 583. The average Bonchev–Trinajstić information content (AvgIpc) is 2.78. The van der Waals surface area contributed by atoms with Crippen molar-refractivity contribution in [3.63, 3.8) is 0 Å². The molecule has 0 aromatic heterocycles. The monoisotopic (exact) mass is 274 g/mol. The van der Waals surface area contributed by atoms with Crippen molar-refractivity contribution in [2.24, 2.45) is 0 Å². The highest BCUT2D eigenvalue weighted by Crippen LogP contribution is 2.21. The van der Waals surface area contributed by atoms with Crippen molar-refractivity contribution in [3.05, 3.63) is 35.1 Å². The van der Waals surface area contributed by atoms with Gasteiger partial charge in [-0.15, -0.1) is 0 Å². The number of rotatable bonds is 2. The molecule has 104 valence electrons. The van der Waals surface area contributed by atoms with Crippen LogP contribution in [-0.2, 0) is 6.54 Å². The van der Waals surface area contributed by atoms with Crippen LogP contribution in [0.25, 0.3) is 0 Å². The summed E-state index contributed by atoms with van der Waals surface area (Å²) in [7, 11) is 0. The Kier molecular flexibility index (Phi) is 3.28. The number of benzene rings is 1. The van der Waals surface area contributed by atoms with Crippen LogP contribution in [0.15, 0.2) is 18.2 Å². The Hall–Kier alpha value is -2.13. The molecule has 1 atom stereocenters. The summed E-state index contributed by atoms with van der Waals surface area (Å²) in [6, 6.07) is 6.35. The third-order valence-corrected chi connectivity index (χ3v) is 3.83. The van der Waals surface area contributed by atoms with Crippen molar-refractivity contribution >= 4 is 6.03 Å². The molecule has 3 rings (SSSR count). The van der Waals surface area contributed by atoms with Crippen LogP contribution in [-0.4, -0.2) is 48.1 Å². The number of nitrogens with one attached hydrogen (secondary N) is 1. The molecule has 1 aromatic carbocycles. The molecule has 2 saturated heterocycles. The van der Waals surface area contributed by atoms with Crippen LogP contribution in [0.3, 0.4) is 0 Å². The molecule has 2 aliphatic heterocycles. The normalized spacial score (nSPS) is 21.8. The number of halogens is 1. The topological polar surface area (TPSA) is 59.4 Å². The van der Waals surface area contributed by atoms with E-state index in [9.17, 15) is 9.18 Å². The lowest BCUT2D eigenvalue weighted by Crippen LogP contribution is -2.49. The second-order valence-corrected chi connectivity index (χ2v) is 5.13. The summed E-state index contributed by atoms with van der Waals surface area (Å²) >= 11 is 0. The smallest absolute Gasteiger partial charge is 0.318 e. The number of amides is 2. The van der Waals surface area contributed by atoms with Crippen LogP contribution < -0.4 is 5.32 Å². The quantitative estimate of drug-likeness (QED) is 0.872. The lowest BCUT2D eigenvalue weighted by Gasteiger charge is -2.28. The van der Waals surface area contributed by atoms with E-state index in [0.717, 1.165) is 13.1 Å². The van der Waals surface area contributed by atoms with E-state index >= 15 is 0 Å². The van der Waals surface area contributed by atoms with Crippen LogP contribution in [0.2, 0.25) is 0 Å². The van der Waals surface area contributed by atoms with Crippen LogP contribution in [0.1, 0.15) is 11.1 Å². The molecular weight excluding hydrogens is 259 g/mol. The van der Waals surface area contributed by atoms with Gasteiger partial charge in [0.15, 0.2) is 0 Å². The number of hydrogen-bond donors (Lipinski definition) is 1. The van der Waals surface area contributed by atoms with Gasteiger partial charge in [-0.05, 0) is 18.2 Å². The molecule has 0 bridgehead atoms. The highest BCUT2D eigenvalue weighted by molar-refractivity contribution is 5.77. The van der Waals surface area contributed by atoms with Crippen molar-refractivity contribution in [2.75, 3.05) is 26.2 Å². The maximum Gasteiger partial charge on any atom is 0.320 e. The van der Waals surface area contributed by atoms with Gasteiger partial charge in [-0.2, -0.15) is 5.26 Å². The molecule has 2 aliphatic rings. The summed E-state index contributed by atoms with van der Waals surface area (Å²) in [6.07, 6.45) is 0. The number of fused-ring (bicyclic) bond motifs is 1. The fourth-order valence-electron chi connectivity index (χ4n) is 2.79. The number of carbonyl (C=O) groups is 1. The largest absolute Gasteiger partial charge is 0.320 e. The molecule has 1 unspecified atom stereocenters. The summed E-state index contributed by atoms with van der Waals surface area (Å²) in [5, 5.41) is 12.1. The number of carbonyl (C=O) groups excluding carboxylic acids is 1. The van der Waals surface area contributed by atoms with Gasteiger partial charge in [0.1, 0.15) is 5.82 Å². The number of hydrogen-bond acceptors (Lipinski definition) is 3. The first-order chi connectivity index (χ1) is 9.69. The first kappa shape index (κ1) is 12.9. The van der Waals surface area contributed by atoms with Gasteiger partial charge in [0.2, 0.25) is 0 Å². The molecule has 2 amide bonds. The van der Waals surface area contributed by atoms with Crippen LogP contribution in [0, 0.1) is 17.1 Å². The molecule has 0 saturated carbocycles. The molecular formula is C14H15FN4O. The average molecular weight is 274 g/mol. The van der Waals surface area contributed by atoms with Crippen molar-refractivity contribution in [3.8, 4) is 6.07 Å². The molecule has 0 radical (unpaired) electrons. The summed E-state index contributed by atoms with van der Waals surface area (Å²) in [4.78, 5) is 15.7. The van der Waals surface area contributed by atoms with Gasteiger partial charge < -0.3 is 15.1 Å². The predicted molar refractivity (Wildman–Crippen MR) is 70.3 cm³/mol. The first-order valence-electron chi connectivity index (χ1n) is 6.64. The van der Waals surface area contributed by atoms with E-state index < -0.39 is 0 Å². The number of nitriles is 1. The third-order valence-electron chi connectivity index (χ3n) is 3.83. The molecule has 2 fully saturated rings. The van der Waals surface area contributed by atoms with Gasteiger partial charge in [0.05, 0.1) is 24.2 Å². The Morgan fingerprint density at radius 1 is 1.50 bits per heavy atom. The highest BCUT2D eigenvalue weighted by atomic mass is 19.1. The Morgan fingerprint density at radius 3 is 3.10 bits per heavy atom. The Balaban J connectivity index is 1.78. The van der Waals surface area contributed by atoms with Gasteiger partial charge in [-0.25, -0.2) is 9.18 Å². The van der Waals surface area contributed by atoms with Crippen molar-refractivity contribution < 1.29 is 9.18 Å². The fraction of sp³-hybridized carbons (Fsp3) is 0.429. The maximum absolute atomic E-state index is 13.8. The van der Waals surface area contributed by atoms with E-state index in [2.05, 4.69) is 5.32 Å². The van der Waals surface area contributed by atoms with Crippen molar-refractivity contribution in [1.29, 1.82) is 5.26 Å². The highest BCUT2D eigenvalue weighted by Gasteiger charge is 2.38. The summed E-state index contributed by atoms with van der Waals surface area (Å²) in [5.74, 6) is -0.375. The van der Waals surface area contributed by atoms with E-state index in [4.69, 9.17) is 5.26 Å². The number of nitrogens with zero attached hydrogens (tertiary/aromatic N) is 3. The van der Waals surface area contributed by atoms with E-state index in [1.54, 1.807) is 4.90 Å². The van der Waals surface area contributed by atoms with Gasteiger partial charge >= 0.3 is 6.03 Å². The summed E-state index contributed by atoms with van der Waals surface area (Å²) in [6.45, 7) is 3.09. The second-order valence-electron chi connectivity index (χ2n) is 5.13. The molecule has 1 N–H and O–H groups in total. The fourth-order valence-corrected chi connectivity index (χ4v) is 2.79. The van der Waals surface area contributed by atoms with Crippen molar-refractivity contribution in [1.82, 2.24) is 15.1 Å². The van der Waals surface area contributed by atoms with Gasteiger partial charge in [0, 0.05) is 31.7 Å².